The second-order valence-corrected chi connectivity index (χ2v) is 7.30. The molecule has 0 aromatic carbocycles. The lowest BCUT2D eigenvalue weighted by Crippen LogP contribution is -2.49. The molecule has 2 fully saturated rings. The van der Waals surface area contributed by atoms with Gasteiger partial charge in [-0.2, -0.15) is 0 Å². The van der Waals surface area contributed by atoms with Crippen molar-refractivity contribution in [3.05, 3.63) is 0 Å². The van der Waals surface area contributed by atoms with Crippen LogP contribution >= 0.6 is 0 Å². The van der Waals surface area contributed by atoms with E-state index in [1.165, 1.54) is 32.4 Å². The average molecular weight is 326 g/mol. The second kappa shape index (κ2) is 9.45. The van der Waals surface area contributed by atoms with Crippen LogP contribution in [0.1, 0.15) is 39.5 Å². The fourth-order valence-electron chi connectivity index (χ4n) is 3.28. The number of hydrogen-bond donors (Lipinski definition) is 2. The first kappa shape index (κ1) is 18.5. The molecule has 2 aliphatic rings. The second-order valence-electron chi connectivity index (χ2n) is 7.30. The molecule has 3 N–H and O–H groups in total. The van der Waals surface area contributed by atoms with Gasteiger partial charge in [0.25, 0.3) is 0 Å². The normalized spacial score (nSPS) is 22.3. The molecule has 0 aromatic heterocycles. The summed E-state index contributed by atoms with van der Waals surface area (Å²) in [5.41, 5.74) is 6.11. The Morgan fingerprint density at radius 3 is 2.52 bits per heavy atom. The number of aliphatic imine (C=N–C) groups is 1. The number of nitrogens with zero attached hydrogens (tertiary/aromatic N) is 3. The molecule has 0 saturated carbocycles. The SMILES string of the molecule is CC(C)(CN=C(N)NCCCN1CCOCC1)N1CCCCC1. The first-order valence-electron chi connectivity index (χ1n) is 9.17. The van der Waals surface area contributed by atoms with Crippen LogP contribution in [0, 0.1) is 0 Å². The van der Waals surface area contributed by atoms with Gasteiger partial charge in [0.05, 0.1) is 19.8 Å². The van der Waals surface area contributed by atoms with Crippen LogP contribution in [0.4, 0.5) is 0 Å². The maximum Gasteiger partial charge on any atom is 0.188 e. The average Bonchev–Trinajstić information content (AvgIpc) is 2.59. The molecule has 0 unspecified atom stereocenters. The van der Waals surface area contributed by atoms with E-state index in [9.17, 15) is 0 Å². The van der Waals surface area contributed by atoms with Crippen LogP contribution in [0.5, 0.6) is 0 Å². The van der Waals surface area contributed by atoms with Crippen molar-refractivity contribution in [2.24, 2.45) is 10.7 Å². The Labute approximate surface area is 141 Å². The maximum absolute atomic E-state index is 6.02. The lowest BCUT2D eigenvalue weighted by Gasteiger charge is -2.40. The minimum Gasteiger partial charge on any atom is -0.379 e. The molecule has 6 heteroatoms. The van der Waals surface area contributed by atoms with Crippen LogP contribution in [0.15, 0.2) is 4.99 Å². The summed E-state index contributed by atoms with van der Waals surface area (Å²) in [6.45, 7) is 13.5. The van der Waals surface area contributed by atoms with Crippen LogP contribution in [-0.2, 0) is 4.74 Å². The van der Waals surface area contributed by atoms with Crippen molar-refractivity contribution in [1.29, 1.82) is 0 Å². The Morgan fingerprint density at radius 1 is 1.13 bits per heavy atom. The molecule has 6 nitrogen and oxygen atoms in total. The van der Waals surface area contributed by atoms with Crippen molar-refractivity contribution in [2.75, 3.05) is 59.0 Å². The number of rotatable bonds is 7. The van der Waals surface area contributed by atoms with Crippen molar-refractivity contribution in [2.45, 2.75) is 45.1 Å². The van der Waals surface area contributed by atoms with Gasteiger partial charge in [-0.25, -0.2) is 0 Å². The van der Waals surface area contributed by atoms with Crippen molar-refractivity contribution < 1.29 is 4.74 Å². The summed E-state index contributed by atoms with van der Waals surface area (Å²) < 4.78 is 5.36. The van der Waals surface area contributed by atoms with Crippen LogP contribution in [-0.4, -0.2) is 80.3 Å². The van der Waals surface area contributed by atoms with E-state index in [4.69, 9.17) is 10.5 Å². The Kier molecular flexibility index (Phi) is 7.59. The van der Waals surface area contributed by atoms with Gasteiger partial charge >= 0.3 is 0 Å². The minimum atomic E-state index is 0.0977. The van der Waals surface area contributed by atoms with Crippen LogP contribution in [0.3, 0.4) is 0 Å². The molecular formula is C17H35N5O. The third-order valence-corrected chi connectivity index (χ3v) is 4.91. The Hall–Kier alpha value is -0.850. The van der Waals surface area contributed by atoms with Crippen LogP contribution in [0.2, 0.25) is 0 Å². The number of ether oxygens (including phenoxy) is 1. The third kappa shape index (κ3) is 6.65. The number of nitrogens with two attached hydrogens (primary N) is 1. The molecule has 23 heavy (non-hydrogen) atoms. The maximum atomic E-state index is 6.02. The van der Waals surface area contributed by atoms with E-state index in [1.54, 1.807) is 0 Å². The molecule has 134 valence electrons. The van der Waals surface area contributed by atoms with E-state index in [2.05, 4.69) is 34.0 Å². The van der Waals surface area contributed by atoms with Gasteiger partial charge in [0.2, 0.25) is 0 Å². The predicted octanol–water partition coefficient (Wildman–Crippen LogP) is 0.878. The van der Waals surface area contributed by atoms with E-state index >= 15 is 0 Å². The van der Waals surface area contributed by atoms with Gasteiger partial charge in [0.15, 0.2) is 5.96 Å². The highest BCUT2D eigenvalue weighted by Gasteiger charge is 2.27. The standard InChI is InChI=1S/C17H35N5O/c1-17(2,22-9-4-3-5-10-22)15-20-16(18)19-7-6-8-21-11-13-23-14-12-21/h3-15H2,1-2H3,(H3,18,19,20). The summed E-state index contributed by atoms with van der Waals surface area (Å²) in [4.78, 5) is 9.55. The molecule has 2 saturated heterocycles. The monoisotopic (exact) mass is 325 g/mol. The molecule has 0 radical (unpaired) electrons. The summed E-state index contributed by atoms with van der Waals surface area (Å²) in [6, 6.07) is 0. The zero-order valence-electron chi connectivity index (χ0n) is 15.0. The number of piperidine rings is 1. The summed E-state index contributed by atoms with van der Waals surface area (Å²) in [6.07, 6.45) is 5.07. The number of nitrogens with one attached hydrogen (secondary N) is 1. The molecule has 2 rings (SSSR count). The molecule has 0 aromatic rings. The van der Waals surface area contributed by atoms with Crippen molar-refractivity contribution >= 4 is 5.96 Å². The summed E-state index contributed by atoms with van der Waals surface area (Å²) in [5, 5.41) is 3.25. The summed E-state index contributed by atoms with van der Waals surface area (Å²) in [5.74, 6) is 0.581. The smallest absolute Gasteiger partial charge is 0.188 e. The Morgan fingerprint density at radius 2 is 1.83 bits per heavy atom. The zero-order chi connectivity index (χ0) is 16.5. The molecule has 0 atom stereocenters. The van der Waals surface area contributed by atoms with Gasteiger partial charge in [-0.05, 0) is 52.7 Å². The highest BCUT2D eigenvalue weighted by molar-refractivity contribution is 5.77. The van der Waals surface area contributed by atoms with Crippen molar-refractivity contribution in [3.8, 4) is 0 Å². The van der Waals surface area contributed by atoms with E-state index in [0.29, 0.717) is 5.96 Å². The molecule has 0 amide bonds. The van der Waals surface area contributed by atoms with Crippen LogP contribution in [0.25, 0.3) is 0 Å². The zero-order valence-corrected chi connectivity index (χ0v) is 15.0. The molecular weight excluding hydrogens is 290 g/mol. The molecule has 2 aliphatic heterocycles. The third-order valence-electron chi connectivity index (χ3n) is 4.91. The lowest BCUT2D eigenvalue weighted by molar-refractivity contribution is 0.0376. The van der Waals surface area contributed by atoms with Gasteiger partial charge in [0.1, 0.15) is 0 Å². The van der Waals surface area contributed by atoms with Crippen molar-refractivity contribution in [3.63, 3.8) is 0 Å². The van der Waals surface area contributed by atoms with Crippen molar-refractivity contribution in [1.82, 2.24) is 15.1 Å². The van der Waals surface area contributed by atoms with Gasteiger partial charge in [0, 0.05) is 25.2 Å². The lowest BCUT2D eigenvalue weighted by atomic mass is 9.99. The van der Waals surface area contributed by atoms with E-state index in [-0.39, 0.29) is 5.54 Å². The first-order chi connectivity index (χ1) is 11.1. The number of hydrogen-bond acceptors (Lipinski definition) is 4. The van der Waals surface area contributed by atoms with Gasteiger partial charge in [-0.3, -0.25) is 14.8 Å². The summed E-state index contributed by atoms with van der Waals surface area (Å²) >= 11 is 0. The van der Waals surface area contributed by atoms with E-state index in [0.717, 1.165) is 52.4 Å². The molecule has 0 aliphatic carbocycles. The minimum absolute atomic E-state index is 0.0977. The largest absolute Gasteiger partial charge is 0.379 e. The van der Waals surface area contributed by atoms with Gasteiger partial charge in [-0.1, -0.05) is 6.42 Å². The Bertz CT molecular complexity index is 360. The molecule has 0 spiro atoms. The number of morpholine rings is 1. The fourth-order valence-corrected chi connectivity index (χ4v) is 3.28. The quantitative estimate of drug-likeness (QED) is 0.413. The number of guanidine groups is 1. The van der Waals surface area contributed by atoms with E-state index in [1.807, 2.05) is 0 Å². The van der Waals surface area contributed by atoms with Gasteiger partial charge < -0.3 is 15.8 Å². The molecule has 2 heterocycles. The highest BCUT2D eigenvalue weighted by atomic mass is 16.5. The fraction of sp³-hybridized carbons (Fsp3) is 0.941. The number of likely N-dealkylation sites (tertiary alicyclic amines) is 1. The summed E-state index contributed by atoms with van der Waals surface area (Å²) in [7, 11) is 0. The van der Waals surface area contributed by atoms with Crippen LogP contribution < -0.4 is 11.1 Å². The predicted molar refractivity (Wildman–Crippen MR) is 95.9 cm³/mol. The topological polar surface area (TPSA) is 66.1 Å². The highest BCUT2D eigenvalue weighted by Crippen LogP contribution is 2.20. The first-order valence-corrected chi connectivity index (χ1v) is 9.17. The van der Waals surface area contributed by atoms with Gasteiger partial charge in [-0.15, -0.1) is 0 Å². The van der Waals surface area contributed by atoms with E-state index < -0.39 is 0 Å². The molecule has 0 bridgehead atoms. The Balaban J connectivity index is 1.61.